The molecule has 0 heterocycles. The molecule has 2 aromatic rings. The van der Waals surface area contributed by atoms with E-state index in [-0.39, 0.29) is 11.9 Å². The molecule has 0 amide bonds. The van der Waals surface area contributed by atoms with Crippen LogP contribution in [0, 0.1) is 5.82 Å². The molecule has 0 fully saturated rings. The summed E-state index contributed by atoms with van der Waals surface area (Å²) in [5, 5.41) is 3.12. The zero-order valence-electron chi connectivity index (χ0n) is 11.4. The molecule has 2 aromatic carbocycles. The molecule has 6 heteroatoms. The topological polar surface area (TPSA) is 47.3 Å². The summed E-state index contributed by atoms with van der Waals surface area (Å²) >= 11 is 6.88. The molecule has 1 unspecified atom stereocenters. The van der Waals surface area contributed by atoms with Crippen molar-refractivity contribution in [2.45, 2.75) is 6.04 Å². The van der Waals surface area contributed by atoms with Gasteiger partial charge in [0.05, 0.1) is 18.8 Å². The van der Waals surface area contributed by atoms with Crippen molar-refractivity contribution in [3.63, 3.8) is 0 Å². The maximum absolute atomic E-state index is 13.9. The molecule has 0 aliphatic heterocycles. The second-order valence-corrected chi connectivity index (χ2v) is 6.16. The fraction of sp³-hybridized carbons (Fsp3) is 0.200. The van der Waals surface area contributed by atoms with Gasteiger partial charge >= 0.3 is 0 Å². The highest BCUT2D eigenvalue weighted by atomic mass is 79.9. The van der Waals surface area contributed by atoms with Gasteiger partial charge in [0.25, 0.3) is 0 Å². The van der Waals surface area contributed by atoms with E-state index in [1.54, 1.807) is 19.2 Å². The molecule has 3 N–H and O–H groups in total. The van der Waals surface area contributed by atoms with Crippen LogP contribution >= 0.6 is 31.9 Å². The van der Waals surface area contributed by atoms with E-state index in [4.69, 9.17) is 10.5 Å². The second kappa shape index (κ2) is 7.24. The van der Waals surface area contributed by atoms with Crippen LogP contribution < -0.4 is 15.8 Å². The standard InChI is InChI=1S/C15H15Br2FN2O/c1-21-10-3-5-13(18)14(7-10)20-15(8-19)9-2-4-11(16)12(17)6-9/h2-7,15,20H,8,19H2,1H3. The molecular formula is C15H15Br2FN2O. The number of benzene rings is 2. The lowest BCUT2D eigenvalue weighted by Crippen LogP contribution is -2.21. The first-order valence-electron chi connectivity index (χ1n) is 6.30. The van der Waals surface area contributed by atoms with E-state index in [1.807, 2.05) is 18.2 Å². The number of hydrogen-bond donors (Lipinski definition) is 2. The van der Waals surface area contributed by atoms with E-state index < -0.39 is 0 Å². The van der Waals surface area contributed by atoms with Crippen LogP contribution in [0.4, 0.5) is 10.1 Å². The Balaban J connectivity index is 2.28. The quantitative estimate of drug-likeness (QED) is 0.754. The third-order valence-corrected chi connectivity index (χ3v) is 4.96. The van der Waals surface area contributed by atoms with Gasteiger partial charge in [0.2, 0.25) is 0 Å². The number of ether oxygens (including phenoxy) is 1. The summed E-state index contributed by atoms with van der Waals surface area (Å²) in [6, 6.07) is 10.2. The van der Waals surface area contributed by atoms with Crippen LogP contribution in [0.3, 0.4) is 0 Å². The molecule has 1 atom stereocenters. The van der Waals surface area contributed by atoms with Crippen LogP contribution in [0.2, 0.25) is 0 Å². The SMILES string of the molecule is COc1ccc(F)c(NC(CN)c2ccc(Br)c(Br)c2)c1. The molecule has 2 rings (SSSR count). The van der Waals surface area contributed by atoms with Crippen molar-refractivity contribution in [2.24, 2.45) is 5.73 Å². The third-order valence-electron chi connectivity index (χ3n) is 3.08. The first kappa shape index (κ1) is 16.3. The summed E-state index contributed by atoms with van der Waals surface area (Å²) in [6.07, 6.45) is 0. The predicted octanol–water partition coefficient (Wildman–Crippen LogP) is 4.47. The second-order valence-electron chi connectivity index (χ2n) is 4.45. The molecule has 21 heavy (non-hydrogen) atoms. The predicted molar refractivity (Wildman–Crippen MR) is 90.2 cm³/mol. The Labute approximate surface area is 139 Å². The molecule has 0 aliphatic rings. The van der Waals surface area contributed by atoms with E-state index in [1.165, 1.54) is 6.07 Å². The first-order chi connectivity index (χ1) is 10.0. The molecule has 0 spiro atoms. The number of halogens is 3. The van der Waals surface area contributed by atoms with Gasteiger partial charge in [-0.3, -0.25) is 0 Å². The van der Waals surface area contributed by atoms with Crippen LogP contribution in [-0.4, -0.2) is 13.7 Å². The molecule has 0 aromatic heterocycles. The highest BCUT2D eigenvalue weighted by Gasteiger charge is 2.14. The molecule has 0 bridgehead atoms. The molecule has 0 saturated heterocycles. The summed E-state index contributed by atoms with van der Waals surface area (Å²) in [7, 11) is 1.54. The van der Waals surface area contributed by atoms with Gasteiger partial charge in [-0.2, -0.15) is 0 Å². The van der Waals surface area contributed by atoms with Crippen LogP contribution in [0.1, 0.15) is 11.6 Å². The molecule has 0 radical (unpaired) electrons. The number of hydrogen-bond acceptors (Lipinski definition) is 3. The number of rotatable bonds is 5. The van der Waals surface area contributed by atoms with Crippen molar-refractivity contribution in [2.75, 3.05) is 19.0 Å². The minimum absolute atomic E-state index is 0.198. The number of anilines is 1. The summed E-state index contributed by atoms with van der Waals surface area (Å²) in [5.41, 5.74) is 7.15. The smallest absolute Gasteiger partial charge is 0.146 e. The van der Waals surface area contributed by atoms with E-state index in [2.05, 4.69) is 37.2 Å². The average Bonchev–Trinajstić information content (AvgIpc) is 2.49. The highest BCUT2D eigenvalue weighted by molar-refractivity contribution is 9.13. The minimum Gasteiger partial charge on any atom is -0.497 e. The molecule has 0 aliphatic carbocycles. The van der Waals surface area contributed by atoms with Crippen molar-refractivity contribution < 1.29 is 9.13 Å². The largest absolute Gasteiger partial charge is 0.497 e. The summed E-state index contributed by atoms with van der Waals surface area (Å²) in [5.74, 6) is 0.247. The van der Waals surface area contributed by atoms with Gasteiger partial charge in [-0.1, -0.05) is 6.07 Å². The molecule has 3 nitrogen and oxygen atoms in total. The lowest BCUT2D eigenvalue weighted by Gasteiger charge is -2.20. The van der Waals surface area contributed by atoms with Crippen molar-refractivity contribution in [3.05, 3.63) is 56.7 Å². The van der Waals surface area contributed by atoms with Gasteiger partial charge in [-0.15, -0.1) is 0 Å². The van der Waals surface area contributed by atoms with Crippen LogP contribution in [0.15, 0.2) is 45.3 Å². The monoisotopic (exact) mass is 416 g/mol. The van der Waals surface area contributed by atoms with Crippen LogP contribution in [-0.2, 0) is 0 Å². The zero-order valence-corrected chi connectivity index (χ0v) is 14.5. The van der Waals surface area contributed by atoms with Crippen molar-refractivity contribution in [3.8, 4) is 5.75 Å². The Morgan fingerprint density at radius 2 is 1.95 bits per heavy atom. The summed E-state index contributed by atoms with van der Waals surface area (Å²) < 4.78 is 20.9. The minimum atomic E-state index is -0.342. The maximum Gasteiger partial charge on any atom is 0.146 e. The normalized spacial score (nSPS) is 12.0. The van der Waals surface area contributed by atoms with Gasteiger partial charge in [-0.05, 0) is 61.7 Å². The fourth-order valence-electron chi connectivity index (χ4n) is 1.94. The fourth-order valence-corrected chi connectivity index (χ4v) is 2.58. The summed E-state index contributed by atoms with van der Waals surface area (Å²) in [6.45, 7) is 0.338. The van der Waals surface area contributed by atoms with Crippen LogP contribution in [0.25, 0.3) is 0 Å². The molecule has 0 saturated carbocycles. The van der Waals surface area contributed by atoms with Gasteiger partial charge in [0.1, 0.15) is 11.6 Å². The van der Waals surface area contributed by atoms with Crippen molar-refractivity contribution in [1.82, 2.24) is 0 Å². The third kappa shape index (κ3) is 3.96. The number of methoxy groups -OCH3 is 1. The average molecular weight is 418 g/mol. The lowest BCUT2D eigenvalue weighted by atomic mass is 10.1. The van der Waals surface area contributed by atoms with E-state index in [0.29, 0.717) is 18.0 Å². The Bertz CT molecular complexity index is 637. The molecular weight excluding hydrogens is 403 g/mol. The van der Waals surface area contributed by atoms with Gasteiger partial charge in [0.15, 0.2) is 0 Å². The van der Waals surface area contributed by atoms with E-state index >= 15 is 0 Å². The van der Waals surface area contributed by atoms with Gasteiger partial charge in [-0.25, -0.2) is 4.39 Å². The zero-order chi connectivity index (χ0) is 15.4. The Hall–Kier alpha value is -1.11. The Morgan fingerprint density at radius 1 is 1.19 bits per heavy atom. The van der Waals surface area contributed by atoms with Gasteiger partial charge in [0, 0.05) is 21.6 Å². The van der Waals surface area contributed by atoms with Crippen molar-refractivity contribution >= 4 is 37.5 Å². The van der Waals surface area contributed by atoms with E-state index in [9.17, 15) is 4.39 Å². The summed E-state index contributed by atoms with van der Waals surface area (Å²) in [4.78, 5) is 0. The van der Waals surface area contributed by atoms with E-state index in [0.717, 1.165) is 14.5 Å². The molecule has 112 valence electrons. The highest BCUT2D eigenvalue weighted by Crippen LogP contribution is 2.29. The first-order valence-corrected chi connectivity index (χ1v) is 7.89. The number of nitrogens with two attached hydrogens (primary N) is 1. The maximum atomic E-state index is 13.9. The number of nitrogens with one attached hydrogen (secondary N) is 1. The Kier molecular flexibility index (Phi) is 5.61. The van der Waals surface area contributed by atoms with Crippen molar-refractivity contribution in [1.29, 1.82) is 0 Å². The lowest BCUT2D eigenvalue weighted by molar-refractivity contribution is 0.414. The van der Waals surface area contributed by atoms with Crippen LogP contribution in [0.5, 0.6) is 5.75 Å². The Morgan fingerprint density at radius 3 is 2.57 bits per heavy atom. The van der Waals surface area contributed by atoms with Gasteiger partial charge < -0.3 is 15.8 Å².